The number of carbonyl (C=O) groups is 1. The van der Waals surface area contributed by atoms with E-state index in [2.05, 4.69) is 10.0 Å². The number of benzene rings is 1. The van der Waals surface area contributed by atoms with E-state index in [1.54, 1.807) is 18.2 Å². The topological polar surface area (TPSA) is 101 Å². The highest BCUT2D eigenvalue weighted by Gasteiger charge is 2.10. The van der Waals surface area contributed by atoms with E-state index < -0.39 is 10.0 Å². The largest absolute Gasteiger partial charge is 0.330 e. The number of anilines is 2. The molecule has 0 aliphatic heterocycles. The van der Waals surface area contributed by atoms with E-state index >= 15 is 0 Å². The van der Waals surface area contributed by atoms with Crippen molar-refractivity contribution in [3.8, 4) is 0 Å². The maximum atomic E-state index is 11.5. The molecule has 100 valence electrons. The smallest absolute Gasteiger partial charge is 0.229 e. The Kier molecular flexibility index (Phi) is 4.69. The van der Waals surface area contributed by atoms with E-state index in [0.29, 0.717) is 11.4 Å². The van der Waals surface area contributed by atoms with Gasteiger partial charge in [-0.25, -0.2) is 8.42 Å². The Morgan fingerprint density at radius 1 is 1.33 bits per heavy atom. The Labute approximate surface area is 107 Å². The summed E-state index contributed by atoms with van der Waals surface area (Å²) in [4.78, 5) is 11.5. The van der Waals surface area contributed by atoms with E-state index in [9.17, 15) is 13.2 Å². The lowest BCUT2D eigenvalue weighted by Gasteiger charge is -2.12. The molecule has 0 saturated carbocycles. The Morgan fingerprint density at radius 3 is 2.56 bits per heavy atom. The van der Waals surface area contributed by atoms with Crippen molar-refractivity contribution >= 4 is 27.3 Å². The fraction of sp³-hybridized carbons (Fsp3) is 0.364. The van der Waals surface area contributed by atoms with Crippen LogP contribution >= 0.6 is 0 Å². The molecule has 0 saturated heterocycles. The second-order valence-electron chi connectivity index (χ2n) is 4.01. The van der Waals surface area contributed by atoms with Crippen molar-refractivity contribution in [3.05, 3.63) is 23.8 Å². The number of rotatable bonds is 5. The van der Waals surface area contributed by atoms with Gasteiger partial charge in [0.25, 0.3) is 0 Å². The van der Waals surface area contributed by atoms with Crippen molar-refractivity contribution in [1.29, 1.82) is 0 Å². The van der Waals surface area contributed by atoms with E-state index in [1.807, 2.05) is 6.92 Å². The van der Waals surface area contributed by atoms with Crippen LogP contribution in [0.3, 0.4) is 0 Å². The molecule has 0 bridgehead atoms. The van der Waals surface area contributed by atoms with Crippen molar-refractivity contribution in [2.45, 2.75) is 13.3 Å². The lowest BCUT2D eigenvalue weighted by Crippen LogP contribution is -2.18. The van der Waals surface area contributed by atoms with Crippen LogP contribution in [-0.2, 0) is 14.8 Å². The molecule has 1 aromatic carbocycles. The van der Waals surface area contributed by atoms with Gasteiger partial charge < -0.3 is 11.1 Å². The van der Waals surface area contributed by atoms with E-state index in [0.717, 1.165) is 11.8 Å². The van der Waals surface area contributed by atoms with Crippen LogP contribution in [0.15, 0.2) is 18.2 Å². The highest BCUT2D eigenvalue weighted by Crippen LogP contribution is 2.24. The molecule has 0 atom stereocenters. The maximum absolute atomic E-state index is 11.5. The zero-order valence-corrected chi connectivity index (χ0v) is 11.2. The van der Waals surface area contributed by atoms with Gasteiger partial charge in [0.15, 0.2) is 0 Å². The molecule has 7 heteroatoms. The van der Waals surface area contributed by atoms with E-state index in [-0.39, 0.29) is 18.9 Å². The first-order valence-electron chi connectivity index (χ1n) is 5.40. The minimum atomic E-state index is -3.39. The Balaban J connectivity index is 3.00. The highest BCUT2D eigenvalue weighted by atomic mass is 32.2. The number of amides is 1. The first kappa shape index (κ1) is 14.5. The predicted molar refractivity (Wildman–Crippen MR) is 71.9 cm³/mol. The summed E-state index contributed by atoms with van der Waals surface area (Å²) < 4.78 is 24.8. The van der Waals surface area contributed by atoms with Crippen LogP contribution < -0.4 is 15.8 Å². The normalized spacial score (nSPS) is 11.1. The summed E-state index contributed by atoms with van der Waals surface area (Å²) in [6.07, 6.45) is 1.24. The monoisotopic (exact) mass is 271 g/mol. The van der Waals surface area contributed by atoms with Gasteiger partial charge in [-0.2, -0.15) is 0 Å². The Hall–Kier alpha value is -1.60. The van der Waals surface area contributed by atoms with Crippen molar-refractivity contribution in [2.75, 3.05) is 22.8 Å². The van der Waals surface area contributed by atoms with Crippen molar-refractivity contribution in [3.63, 3.8) is 0 Å². The molecule has 6 nitrogen and oxygen atoms in total. The molecule has 1 rings (SSSR count). The van der Waals surface area contributed by atoms with Gasteiger partial charge in [-0.1, -0.05) is 6.07 Å². The first-order valence-corrected chi connectivity index (χ1v) is 7.29. The molecule has 0 aliphatic rings. The fourth-order valence-corrected chi connectivity index (χ4v) is 1.97. The van der Waals surface area contributed by atoms with Gasteiger partial charge in [-0.05, 0) is 24.6 Å². The number of nitrogens with two attached hydrogens (primary N) is 1. The molecule has 0 aromatic heterocycles. The summed E-state index contributed by atoms with van der Waals surface area (Å²) in [5, 5.41) is 2.63. The molecule has 0 aliphatic carbocycles. The van der Waals surface area contributed by atoms with Gasteiger partial charge in [-0.3, -0.25) is 9.52 Å². The summed E-state index contributed by atoms with van der Waals surface area (Å²) in [5.41, 5.74) is 6.97. The molecule has 0 fully saturated rings. The zero-order chi connectivity index (χ0) is 13.8. The van der Waals surface area contributed by atoms with Gasteiger partial charge >= 0.3 is 0 Å². The van der Waals surface area contributed by atoms with Crippen LogP contribution in [0.1, 0.15) is 12.0 Å². The minimum Gasteiger partial charge on any atom is -0.330 e. The van der Waals surface area contributed by atoms with Gasteiger partial charge in [0, 0.05) is 13.0 Å². The number of hydrogen-bond donors (Lipinski definition) is 3. The number of nitrogens with one attached hydrogen (secondary N) is 2. The maximum Gasteiger partial charge on any atom is 0.229 e. The number of hydrogen-bond acceptors (Lipinski definition) is 4. The fourth-order valence-electron chi connectivity index (χ4n) is 1.39. The summed E-state index contributed by atoms with van der Waals surface area (Å²) in [6.45, 7) is 2.09. The van der Waals surface area contributed by atoms with Crippen molar-refractivity contribution in [1.82, 2.24) is 0 Å². The number of sulfonamides is 1. The van der Waals surface area contributed by atoms with Gasteiger partial charge in [0.2, 0.25) is 15.9 Å². The molecule has 1 aromatic rings. The molecule has 0 unspecified atom stereocenters. The van der Waals surface area contributed by atoms with E-state index in [1.165, 1.54) is 0 Å². The molecular weight excluding hydrogens is 254 g/mol. The third-order valence-electron chi connectivity index (χ3n) is 2.12. The summed E-state index contributed by atoms with van der Waals surface area (Å²) >= 11 is 0. The quantitative estimate of drug-likeness (QED) is 0.732. The van der Waals surface area contributed by atoms with Gasteiger partial charge in [-0.15, -0.1) is 0 Å². The van der Waals surface area contributed by atoms with Crippen molar-refractivity contribution < 1.29 is 13.2 Å². The molecular formula is C11H17N3O3S. The van der Waals surface area contributed by atoms with Crippen LogP contribution in [0.2, 0.25) is 0 Å². The molecule has 0 radical (unpaired) electrons. The third-order valence-corrected chi connectivity index (χ3v) is 2.71. The predicted octanol–water partition coefficient (Wildman–Crippen LogP) is 0.654. The molecule has 4 N–H and O–H groups in total. The average Bonchev–Trinajstić information content (AvgIpc) is 2.20. The Morgan fingerprint density at radius 2 is 2.00 bits per heavy atom. The molecule has 0 spiro atoms. The van der Waals surface area contributed by atoms with Gasteiger partial charge in [0.05, 0.1) is 17.6 Å². The number of aryl methyl sites for hydroxylation is 1. The van der Waals surface area contributed by atoms with Crippen LogP contribution in [0.25, 0.3) is 0 Å². The second kappa shape index (κ2) is 5.83. The zero-order valence-electron chi connectivity index (χ0n) is 10.4. The Bertz CT molecular complexity index is 540. The van der Waals surface area contributed by atoms with Crippen LogP contribution in [0, 0.1) is 6.92 Å². The van der Waals surface area contributed by atoms with Crippen LogP contribution in [0.4, 0.5) is 11.4 Å². The van der Waals surface area contributed by atoms with E-state index in [4.69, 9.17) is 5.73 Å². The van der Waals surface area contributed by atoms with Gasteiger partial charge in [0.1, 0.15) is 0 Å². The molecule has 1 amide bonds. The molecule has 0 heterocycles. The second-order valence-corrected chi connectivity index (χ2v) is 5.76. The van der Waals surface area contributed by atoms with Crippen LogP contribution in [0.5, 0.6) is 0 Å². The first-order chi connectivity index (χ1) is 8.31. The minimum absolute atomic E-state index is 0.187. The summed E-state index contributed by atoms with van der Waals surface area (Å²) in [5.74, 6) is -0.250. The lowest BCUT2D eigenvalue weighted by molar-refractivity contribution is -0.116. The summed E-state index contributed by atoms with van der Waals surface area (Å²) in [7, 11) is -3.39. The average molecular weight is 271 g/mol. The van der Waals surface area contributed by atoms with Crippen LogP contribution in [-0.4, -0.2) is 27.1 Å². The van der Waals surface area contributed by atoms with Crippen molar-refractivity contribution in [2.24, 2.45) is 5.73 Å². The standard InChI is InChI=1S/C11H17N3O3S/c1-8-3-4-9(14-18(2,16)17)10(7-8)13-11(15)5-6-12/h3-4,7,14H,5-6,12H2,1-2H3,(H,13,15). The lowest BCUT2D eigenvalue weighted by atomic mass is 10.2. The SMILES string of the molecule is Cc1ccc(NS(C)(=O)=O)c(NC(=O)CCN)c1. The summed E-state index contributed by atoms with van der Waals surface area (Å²) in [6, 6.07) is 5.06. The number of carbonyl (C=O) groups excluding carboxylic acids is 1. The molecule has 18 heavy (non-hydrogen) atoms. The highest BCUT2D eigenvalue weighted by molar-refractivity contribution is 7.92. The third kappa shape index (κ3) is 4.72.